The van der Waals surface area contributed by atoms with Gasteiger partial charge in [0.15, 0.2) is 0 Å². The van der Waals surface area contributed by atoms with Crippen molar-refractivity contribution in [3.63, 3.8) is 0 Å². The van der Waals surface area contributed by atoms with Crippen LogP contribution < -0.4 is 4.90 Å². The Kier molecular flexibility index (Phi) is 5.72. The van der Waals surface area contributed by atoms with Crippen LogP contribution >= 0.6 is 23.2 Å². The molecular formula is C15H18Cl2N6O2. The standard InChI is InChI=1S/C15H18Cl2N6O2/c16-13-3-2-12(10-14(13)17)21-8-6-20(7-9-21)4-1-5-22-11-18-15(19-22)23(24)25/h2-3,10-11H,1,4-9H2. The first-order chi connectivity index (χ1) is 12.0. The summed E-state index contributed by atoms with van der Waals surface area (Å²) >= 11 is 12.0. The minimum Gasteiger partial charge on any atom is -0.390 e. The van der Waals surface area contributed by atoms with Crippen LogP contribution in [0.5, 0.6) is 0 Å². The summed E-state index contributed by atoms with van der Waals surface area (Å²) in [7, 11) is 0. The second-order valence-electron chi connectivity index (χ2n) is 5.85. The van der Waals surface area contributed by atoms with Gasteiger partial charge in [-0.05, 0) is 29.5 Å². The highest BCUT2D eigenvalue weighted by Gasteiger charge is 2.18. The lowest BCUT2D eigenvalue weighted by atomic mass is 10.2. The summed E-state index contributed by atoms with van der Waals surface area (Å²) in [6.45, 7) is 5.30. The third kappa shape index (κ3) is 4.59. The summed E-state index contributed by atoms with van der Waals surface area (Å²) in [5.41, 5.74) is 1.09. The van der Waals surface area contributed by atoms with E-state index in [4.69, 9.17) is 23.2 Å². The Morgan fingerprint density at radius 3 is 2.52 bits per heavy atom. The van der Waals surface area contributed by atoms with Gasteiger partial charge in [-0.1, -0.05) is 28.2 Å². The summed E-state index contributed by atoms with van der Waals surface area (Å²) in [4.78, 5) is 18.3. The van der Waals surface area contributed by atoms with Gasteiger partial charge in [0.05, 0.1) is 16.6 Å². The van der Waals surface area contributed by atoms with Gasteiger partial charge in [-0.15, -0.1) is 0 Å². The van der Waals surface area contributed by atoms with Crippen LogP contribution in [0, 0.1) is 10.1 Å². The smallest absolute Gasteiger partial charge is 0.390 e. The van der Waals surface area contributed by atoms with Gasteiger partial charge in [-0.25, -0.2) is 0 Å². The van der Waals surface area contributed by atoms with Crippen molar-refractivity contribution in [2.45, 2.75) is 13.0 Å². The molecule has 0 saturated carbocycles. The van der Waals surface area contributed by atoms with E-state index in [2.05, 4.69) is 19.9 Å². The molecule has 25 heavy (non-hydrogen) atoms. The van der Waals surface area contributed by atoms with Crippen LogP contribution in [0.4, 0.5) is 11.6 Å². The van der Waals surface area contributed by atoms with E-state index in [0.29, 0.717) is 16.6 Å². The summed E-state index contributed by atoms with van der Waals surface area (Å²) in [6, 6.07) is 5.71. The first-order valence-corrected chi connectivity index (χ1v) is 8.75. The summed E-state index contributed by atoms with van der Waals surface area (Å²) in [5.74, 6) is -0.352. The molecule has 1 aliphatic rings. The Labute approximate surface area is 155 Å². The molecule has 0 amide bonds. The van der Waals surface area contributed by atoms with Crippen LogP contribution in [0.3, 0.4) is 0 Å². The largest absolute Gasteiger partial charge is 0.490 e. The predicted octanol–water partition coefficient (Wildman–Crippen LogP) is 2.71. The number of anilines is 1. The lowest BCUT2D eigenvalue weighted by Gasteiger charge is -2.36. The molecule has 1 fully saturated rings. The Balaban J connectivity index is 1.43. The number of hydrogen-bond donors (Lipinski definition) is 0. The molecule has 0 N–H and O–H groups in total. The van der Waals surface area contributed by atoms with Gasteiger partial charge in [0.25, 0.3) is 0 Å². The lowest BCUT2D eigenvalue weighted by molar-refractivity contribution is -0.394. The Hall–Kier alpha value is -1.90. The molecule has 8 nitrogen and oxygen atoms in total. The van der Waals surface area contributed by atoms with E-state index < -0.39 is 4.92 Å². The van der Waals surface area contributed by atoms with Gasteiger partial charge < -0.3 is 15.0 Å². The molecule has 0 radical (unpaired) electrons. The van der Waals surface area contributed by atoms with E-state index in [9.17, 15) is 10.1 Å². The molecule has 2 aromatic rings. The number of aromatic nitrogens is 3. The topological polar surface area (TPSA) is 80.3 Å². The molecule has 0 unspecified atom stereocenters. The highest BCUT2D eigenvalue weighted by atomic mass is 35.5. The summed E-state index contributed by atoms with van der Waals surface area (Å²) in [6.07, 6.45) is 2.27. The van der Waals surface area contributed by atoms with Crippen molar-refractivity contribution in [3.8, 4) is 0 Å². The maximum absolute atomic E-state index is 10.6. The van der Waals surface area contributed by atoms with Crippen molar-refractivity contribution < 1.29 is 4.92 Å². The molecule has 10 heteroatoms. The SMILES string of the molecule is O=[N+]([O-])c1ncn(CCCN2CCN(c3ccc(Cl)c(Cl)c3)CC2)n1. The van der Waals surface area contributed by atoms with Crippen LogP contribution in [0.2, 0.25) is 10.0 Å². The zero-order valence-electron chi connectivity index (χ0n) is 13.5. The molecule has 1 aliphatic heterocycles. The normalized spacial score (nSPS) is 15.5. The van der Waals surface area contributed by atoms with Crippen molar-refractivity contribution in [1.82, 2.24) is 19.7 Å². The Bertz CT molecular complexity index is 745. The van der Waals surface area contributed by atoms with Crippen LogP contribution in [0.15, 0.2) is 24.5 Å². The van der Waals surface area contributed by atoms with Gasteiger partial charge in [-0.3, -0.25) is 4.90 Å². The minimum atomic E-state index is -0.585. The third-order valence-corrected chi connectivity index (χ3v) is 4.93. The molecule has 1 aromatic carbocycles. The van der Waals surface area contributed by atoms with Crippen LogP contribution in [-0.4, -0.2) is 57.3 Å². The molecule has 0 atom stereocenters. The van der Waals surface area contributed by atoms with Crippen molar-refractivity contribution >= 4 is 34.8 Å². The van der Waals surface area contributed by atoms with Gasteiger partial charge in [0.2, 0.25) is 6.33 Å². The predicted molar refractivity (Wildman–Crippen MR) is 96.4 cm³/mol. The van der Waals surface area contributed by atoms with Crippen molar-refractivity contribution in [2.24, 2.45) is 0 Å². The molecule has 0 spiro atoms. The maximum Gasteiger partial charge on any atom is 0.490 e. The molecule has 3 rings (SSSR count). The van der Waals surface area contributed by atoms with Gasteiger partial charge in [-0.2, -0.15) is 4.68 Å². The second kappa shape index (κ2) is 7.99. The van der Waals surface area contributed by atoms with Gasteiger partial charge in [0, 0.05) is 43.5 Å². The number of benzene rings is 1. The molecule has 1 aromatic heterocycles. The average molecular weight is 385 g/mol. The number of nitro groups is 1. The highest BCUT2D eigenvalue weighted by molar-refractivity contribution is 6.42. The maximum atomic E-state index is 10.6. The zero-order valence-corrected chi connectivity index (χ0v) is 15.0. The fourth-order valence-corrected chi connectivity index (χ4v) is 3.14. The molecule has 1 saturated heterocycles. The van der Waals surface area contributed by atoms with E-state index in [1.165, 1.54) is 11.0 Å². The number of nitrogens with zero attached hydrogens (tertiary/aromatic N) is 6. The Morgan fingerprint density at radius 1 is 1.12 bits per heavy atom. The Morgan fingerprint density at radius 2 is 1.88 bits per heavy atom. The van der Waals surface area contributed by atoms with Crippen molar-refractivity contribution in [2.75, 3.05) is 37.6 Å². The van der Waals surface area contributed by atoms with E-state index in [0.717, 1.165) is 44.8 Å². The third-order valence-electron chi connectivity index (χ3n) is 4.19. The molecule has 134 valence electrons. The van der Waals surface area contributed by atoms with Gasteiger partial charge in [0.1, 0.15) is 0 Å². The highest BCUT2D eigenvalue weighted by Crippen LogP contribution is 2.27. The molecule has 0 bridgehead atoms. The monoisotopic (exact) mass is 384 g/mol. The number of piperazine rings is 1. The van der Waals surface area contributed by atoms with Crippen molar-refractivity contribution in [3.05, 3.63) is 44.7 Å². The van der Waals surface area contributed by atoms with E-state index in [1.807, 2.05) is 18.2 Å². The average Bonchev–Trinajstić information content (AvgIpc) is 3.07. The first kappa shape index (κ1) is 17.9. The first-order valence-electron chi connectivity index (χ1n) is 7.99. The number of rotatable bonds is 6. The van der Waals surface area contributed by atoms with Crippen LogP contribution in [0.1, 0.15) is 6.42 Å². The van der Waals surface area contributed by atoms with Gasteiger partial charge >= 0.3 is 5.95 Å². The number of aryl methyl sites for hydroxylation is 1. The summed E-state index contributed by atoms with van der Waals surface area (Å²) in [5, 5.41) is 15.5. The van der Waals surface area contributed by atoms with Crippen molar-refractivity contribution in [1.29, 1.82) is 0 Å². The lowest BCUT2D eigenvalue weighted by Crippen LogP contribution is -2.46. The van der Waals surface area contributed by atoms with Crippen LogP contribution in [-0.2, 0) is 6.54 Å². The minimum absolute atomic E-state index is 0.352. The summed E-state index contributed by atoms with van der Waals surface area (Å²) < 4.78 is 1.52. The molecule has 0 aliphatic carbocycles. The van der Waals surface area contributed by atoms with E-state index in [-0.39, 0.29) is 5.95 Å². The fraction of sp³-hybridized carbons (Fsp3) is 0.467. The zero-order chi connectivity index (χ0) is 17.8. The molecule has 2 heterocycles. The second-order valence-corrected chi connectivity index (χ2v) is 6.66. The molecular weight excluding hydrogens is 367 g/mol. The quantitative estimate of drug-likeness (QED) is 0.562. The van der Waals surface area contributed by atoms with Crippen LogP contribution in [0.25, 0.3) is 0 Å². The number of halogens is 2. The van der Waals surface area contributed by atoms with E-state index >= 15 is 0 Å². The fourth-order valence-electron chi connectivity index (χ4n) is 2.84. The van der Waals surface area contributed by atoms with E-state index in [1.54, 1.807) is 0 Å². The number of hydrogen-bond acceptors (Lipinski definition) is 6.